The van der Waals surface area contributed by atoms with Gasteiger partial charge >= 0.3 is 0 Å². The average molecular weight is 239 g/mol. The molecular weight excluding hydrogens is 217 g/mol. The molecule has 0 aliphatic heterocycles. The van der Waals surface area contributed by atoms with E-state index in [1.54, 1.807) is 0 Å². The number of hydrogen-bond acceptors (Lipinski definition) is 2. The summed E-state index contributed by atoms with van der Waals surface area (Å²) in [5.41, 5.74) is 6.60. The Kier molecular flexibility index (Phi) is 5.42. The normalized spacial score (nSPS) is 14.4. The first-order valence-corrected chi connectivity index (χ1v) is 6.23. The van der Waals surface area contributed by atoms with Crippen molar-refractivity contribution in [2.24, 2.45) is 5.73 Å². The molecule has 3 heteroatoms. The predicted molar refractivity (Wildman–Crippen MR) is 68.8 cm³/mol. The molecule has 2 nitrogen and oxygen atoms in total. The van der Waals surface area contributed by atoms with E-state index >= 15 is 0 Å². The zero-order chi connectivity index (χ0) is 12.8. The summed E-state index contributed by atoms with van der Waals surface area (Å²) in [4.78, 5) is 0. The van der Waals surface area contributed by atoms with Crippen molar-refractivity contribution in [3.63, 3.8) is 0 Å². The Morgan fingerprint density at radius 3 is 2.59 bits per heavy atom. The molecule has 0 saturated heterocycles. The van der Waals surface area contributed by atoms with Crippen LogP contribution in [0.4, 0.5) is 4.39 Å². The van der Waals surface area contributed by atoms with Crippen LogP contribution in [0, 0.1) is 5.82 Å². The number of nitrogens with two attached hydrogens (primary N) is 1. The van der Waals surface area contributed by atoms with Crippen LogP contribution in [0.2, 0.25) is 0 Å². The molecule has 0 aromatic heterocycles. The Labute approximate surface area is 103 Å². The fourth-order valence-corrected chi connectivity index (χ4v) is 1.88. The summed E-state index contributed by atoms with van der Waals surface area (Å²) in [7, 11) is 0. The maximum Gasteiger partial charge on any atom is 0.127 e. The first kappa shape index (κ1) is 14.0. The summed E-state index contributed by atoms with van der Waals surface area (Å²) in [5.74, 6) is 0.337. The summed E-state index contributed by atoms with van der Waals surface area (Å²) in [5, 5.41) is 0. The van der Waals surface area contributed by atoms with Gasteiger partial charge in [0.25, 0.3) is 0 Å². The molecule has 1 aromatic rings. The highest BCUT2D eigenvalue weighted by Crippen LogP contribution is 2.19. The minimum Gasteiger partial charge on any atom is -0.491 e. The molecule has 0 bridgehead atoms. The smallest absolute Gasteiger partial charge is 0.127 e. The van der Waals surface area contributed by atoms with E-state index in [0.717, 1.165) is 18.4 Å². The Morgan fingerprint density at radius 2 is 2.00 bits per heavy atom. The van der Waals surface area contributed by atoms with Crippen LogP contribution in [0.25, 0.3) is 0 Å². The summed E-state index contributed by atoms with van der Waals surface area (Å²) in [6, 6.07) is 4.84. The van der Waals surface area contributed by atoms with E-state index in [2.05, 4.69) is 6.92 Å². The van der Waals surface area contributed by atoms with Gasteiger partial charge in [-0.05, 0) is 44.4 Å². The first-order valence-electron chi connectivity index (χ1n) is 6.23. The van der Waals surface area contributed by atoms with Gasteiger partial charge in [0.15, 0.2) is 0 Å². The van der Waals surface area contributed by atoms with E-state index < -0.39 is 0 Å². The fourth-order valence-electron chi connectivity index (χ4n) is 1.88. The number of halogens is 1. The lowest BCUT2D eigenvalue weighted by atomic mass is 10.1. The second-order valence-corrected chi connectivity index (χ2v) is 4.69. The second kappa shape index (κ2) is 6.60. The molecule has 96 valence electrons. The van der Waals surface area contributed by atoms with Crippen molar-refractivity contribution in [2.45, 2.75) is 52.2 Å². The molecule has 0 aliphatic rings. The van der Waals surface area contributed by atoms with Gasteiger partial charge in [0.05, 0.1) is 6.10 Å². The SMILES string of the molecule is CCCC(C)Oc1cc(F)cc(CC(C)N)c1. The number of rotatable bonds is 6. The molecule has 17 heavy (non-hydrogen) atoms. The van der Waals surface area contributed by atoms with Gasteiger partial charge in [0.1, 0.15) is 11.6 Å². The Balaban J connectivity index is 2.74. The van der Waals surface area contributed by atoms with Crippen LogP contribution in [0.5, 0.6) is 5.75 Å². The van der Waals surface area contributed by atoms with Gasteiger partial charge < -0.3 is 10.5 Å². The van der Waals surface area contributed by atoms with Crippen molar-refractivity contribution in [2.75, 3.05) is 0 Å². The molecule has 2 N–H and O–H groups in total. The fraction of sp³-hybridized carbons (Fsp3) is 0.571. The molecule has 1 aromatic carbocycles. The third-order valence-electron chi connectivity index (χ3n) is 2.52. The molecule has 0 heterocycles. The van der Waals surface area contributed by atoms with Crippen LogP contribution in [-0.2, 0) is 6.42 Å². The minimum absolute atomic E-state index is 0.0257. The van der Waals surface area contributed by atoms with Gasteiger partial charge in [0, 0.05) is 12.1 Å². The number of hydrogen-bond donors (Lipinski definition) is 1. The summed E-state index contributed by atoms with van der Waals surface area (Å²) in [6.45, 7) is 6.01. The van der Waals surface area contributed by atoms with Crippen molar-refractivity contribution in [1.82, 2.24) is 0 Å². The highest BCUT2D eigenvalue weighted by atomic mass is 19.1. The van der Waals surface area contributed by atoms with Crippen LogP contribution in [0.15, 0.2) is 18.2 Å². The van der Waals surface area contributed by atoms with E-state index in [4.69, 9.17) is 10.5 Å². The highest BCUT2D eigenvalue weighted by molar-refractivity contribution is 5.30. The second-order valence-electron chi connectivity index (χ2n) is 4.69. The predicted octanol–water partition coefficient (Wildman–Crippen LogP) is 3.28. The van der Waals surface area contributed by atoms with Gasteiger partial charge in [-0.2, -0.15) is 0 Å². The first-order chi connectivity index (χ1) is 8.01. The quantitative estimate of drug-likeness (QED) is 0.826. The van der Waals surface area contributed by atoms with Crippen LogP contribution < -0.4 is 10.5 Å². The van der Waals surface area contributed by atoms with Gasteiger partial charge in [-0.3, -0.25) is 0 Å². The molecule has 1 rings (SSSR count). The van der Waals surface area contributed by atoms with Crippen molar-refractivity contribution in [3.05, 3.63) is 29.6 Å². The standard InChI is InChI=1S/C14H22FNO/c1-4-5-11(3)17-14-8-12(6-10(2)16)7-13(15)9-14/h7-11H,4-6,16H2,1-3H3. The number of benzene rings is 1. The van der Waals surface area contributed by atoms with E-state index in [1.165, 1.54) is 12.1 Å². The molecule has 0 fully saturated rings. The zero-order valence-electron chi connectivity index (χ0n) is 10.9. The molecule has 2 atom stereocenters. The van der Waals surface area contributed by atoms with Crippen LogP contribution >= 0.6 is 0 Å². The molecule has 0 amide bonds. The molecule has 0 aliphatic carbocycles. The number of ether oxygens (including phenoxy) is 1. The Hall–Kier alpha value is -1.09. The summed E-state index contributed by atoms with van der Waals surface area (Å²) in [6.07, 6.45) is 2.81. The van der Waals surface area contributed by atoms with Crippen molar-refractivity contribution in [3.8, 4) is 5.75 Å². The molecular formula is C14H22FNO. The van der Waals surface area contributed by atoms with E-state index in [-0.39, 0.29) is 18.0 Å². The van der Waals surface area contributed by atoms with E-state index in [9.17, 15) is 4.39 Å². The maximum atomic E-state index is 13.4. The average Bonchev–Trinajstić information content (AvgIpc) is 2.14. The third-order valence-corrected chi connectivity index (χ3v) is 2.52. The lowest BCUT2D eigenvalue weighted by molar-refractivity contribution is 0.209. The zero-order valence-corrected chi connectivity index (χ0v) is 10.9. The topological polar surface area (TPSA) is 35.2 Å². The maximum absolute atomic E-state index is 13.4. The van der Waals surface area contributed by atoms with Crippen molar-refractivity contribution >= 4 is 0 Å². The van der Waals surface area contributed by atoms with Gasteiger partial charge in [-0.25, -0.2) is 4.39 Å². The monoisotopic (exact) mass is 239 g/mol. The van der Waals surface area contributed by atoms with Crippen LogP contribution in [0.3, 0.4) is 0 Å². The lowest BCUT2D eigenvalue weighted by Gasteiger charge is -2.15. The van der Waals surface area contributed by atoms with Gasteiger partial charge in [-0.15, -0.1) is 0 Å². The van der Waals surface area contributed by atoms with Crippen LogP contribution in [0.1, 0.15) is 39.2 Å². The van der Waals surface area contributed by atoms with E-state index in [1.807, 2.05) is 19.9 Å². The summed E-state index contributed by atoms with van der Waals surface area (Å²) >= 11 is 0. The summed E-state index contributed by atoms with van der Waals surface area (Å²) < 4.78 is 19.1. The molecule has 0 spiro atoms. The minimum atomic E-state index is -0.262. The largest absolute Gasteiger partial charge is 0.491 e. The lowest BCUT2D eigenvalue weighted by Crippen LogP contribution is -2.18. The third kappa shape index (κ3) is 5.18. The van der Waals surface area contributed by atoms with Crippen molar-refractivity contribution in [1.29, 1.82) is 0 Å². The molecule has 0 radical (unpaired) electrons. The van der Waals surface area contributed by atoms with Crippen molar-refractivity contribution < 1.29 is 9.13 Å². The molecule has 0 saturated carbocycles. The molecule has 2 unspecified atom stereocenters. The van der Waals surface area contributed by atoms with Crippen LogP contribution in [-0.4, -0.2) is 12.1 Å². The Morgan fingerprint density at radius 1 is 1.29 bits per heavy atom. The van der Waals surface area contributed by atoms with Gasteiger partial charge in [-0.1, -0.05) is 13.3 Å². The highest BCUT2D eigenvalue weighted by Gasteiger charge is 2.07. The van der Waals surface area contributed by atoms with Gasteiger partial charge in [0.2, 0.25) is 0 Å². The Bertz CT molecular complexity index is 352. The van der Waals surface area contributed by atoms with E-state index in [0.29, 0.717) is 12.2 Å².